The molecule has 0 amide bonds. The third kappa shape index (κ3) is 6.34. The number of nitrogens with one attached hydrogen (secondary N) is 2. The molecule has 1 atom stereocenters. The number of ether oxygens (including phenoxy) is 1. The van der Waals surface area contributed by atoms with Crippen molar-refractivity contribution in [2.75, 3.05) is 20.2 Å². The van der Waals surface area contributed by atoms with Crippen LogP contribution in [0.4, 0.5) is 13.2 Å². The van der Waals surface area contributed by atoms with Crippen LogP contribution in [0.3, 0.4) is 0 Å². The molecule has 1 aromatic rings. The van der Waals surface area contributed by atoms with E-state index >= 15 is 0 Å². The number of halogens is 3. The van der Waals surface area contributed by atoms with E-state index in [0.29, 0.717) is 15.6 Å². The minimum atomic E-state index is -4.22. The Morgan fingerprint density at radius 1 is 1.46 bits per heavy atom. The topological polar surface area (TPSA) is 75.6 Å². The number of thiazole rings is 1. The van der Waals surface area contributed by atoms with Crippen LogP contribution in [0.25, 0.3) is 0 Å². The van der Waals surface area contributed by atoms with Crippen molar-refractivity contribution in [2.45, 2.75) is 39.4 Å². The van der Waals surface area contributed by atoms with Crippen molar-refractivity contribution < 1.29 is 22.7 Å². The maximum Gasteiger partial charge on any atom is 0.390 e. The molecule has 1 aromatic heterocycles. The Hall–Kier alpha value is -1.84. The van der Waals surface area contributed by atoms with Gasteiger partial charge < -0.3 is 15.4 Å². The second-order valence-electron chi connectivity index (χ2n) is 4.92. The fourth-order valence-electron chi connectivity index (χ4n) is 1.77. The highest BCUT2D eigenvalue weighted by atomic mass is 32.1. The summed E-state index contributed by atoms with van der Waals surface area (Å²) < 4.78 is 41.5. The zero-order valence-corrected chi connectivity index (χ0v) is 14.8. The third-order valence-corrected chi connectivity index (χ3v) is 4.24. The van der Waals surface area contributed by atoms with Crippen molar-refractivity contribution in [3.63, 3.8) is 0 Å². The predicted octanol–water partition coefficient (Wildman–Crippen LogP) is 2.81. The first-order valence-corrected chi connectivity index (χ1v) is 8.18. The van der Waals surface area contributed by atoms with Gasteiger partial charge in [-0.25, -0.2) is 9.78 Å². The molecule has 0 fully saturated rings. The molecule has 0 aromatic carbocycles. The molecule has 2 N–H and O–H groups in total. The van der Waals surface area contributed by atoms with Crippen molar-refractivity contribution in [1.82, 2.24) is 15.6 Å². The minimum Gasteiger partial charge on any atom is -0.462 e. The number of esters is 1. The Morgan fingerprint density at radius 3 is 2.67 bits per heavy atom. The quantitative estimate of drug-likeness (QED) is 0.460. The molecule has 10 heteroatoms. The van der Waals surface area contributed by atoms with Gasteiger partial charge in [-0.15, -0.1) is 11.3 Å². The molecule has 1 unspecified atom stereocenters. The fraction of sp³-hybridized carbons (Fsp3) is 0.643. The van der Waals surface area contributed by atoms with E-state index in [1.54, 1.807) is 20.8 Å². The number of alkyl halides is 3. The van der Waals surface area contributed by atoms with Gasteiger partial charge in [-0.1, -0.05) is 0 Å². The van der Waals surface area contributed by atoms with Gasteiger partial charge in [0.1, 0.15) is 9.88 Å². The molecule has 0 saturated carbocycles. The second kappa shape index (κ2) is 8.86. The van der Waals surface area contributed by atoms with E-state index in [1.165, 1.54) is 18.4 Å². The molecule has 1 heterocycles. The number of rotatable bonds is 6. The Balaban J connectivity index is 2.67. The van der Waals surface area contributed by atoms with Gasteiger partial charge in [0.2, 0.25) is 0 Å². The number of carbonyl (C=O) groups excluding carboxylic acids is 1. The van der Waals surface area contributed by atoms with Crippen LogP contribution in [0.5, 0.6) is 0 Å². The highest BCUT2D eigenvalue weighted by Gasteiger charge is 2.26. The monoisotopic (exact) mass is 366 g/mol. The summed E-state index contributed by atoms with van der Waals surface area (Å²) in [6.45, 7) is 5.20. The fourth-order valence-corrected chi connectivity index (χ4v) is 2.74. The van der Waals surface area contributed by atoms with Gasteiger partial charge in [0.15, 0.2) is 5.96 Å². The minimum absolute atomic E-state index is 0.234. The Morgan fingerprint density at radius 2 is 2.12 bits per heavy atom. The van der Waals surface area contributed by atoms with Gasteiger partial charge in [0, 0.05) is 13.6 Å². The normalized spacial score (nSPS) is 13.5. The Labute approximate surface area is 142 Å². The SMILES string of the molecule is CCOC(=O)c1sc(C(C)NC(=NC)NCCC(F)(F)F)nc1C. The number of aromatic nitrogens is 1. The van der Waals surface area contributed by atoms with Gasteiger partial charge in [-0.05, 0) is 20.8 Å². The standard InChI is InChI=1S/C14H21F3N4O2S/c1-5-23-12(22)10-8(2)20-11(24-10)9(3)21-13(18-4)19-7-6-14(15,16)17/h9H,5-7H2,1-4H3,(H2,18,19,21). The van der Waals surface area contributed by atoms with Crippen LogP contribution in [0.2, 0.25) is 0 Å². The molecule has 0 radical (unpaired) electrons. The van der Waals surface area contributed by atoms with Gasteiger partial charge >= 0.3 is 12.1 Å². The van der Waals surface area contributed by atoms with Crippen LogP contribution < -0.4 is 10.6 Å². The number of carbonyl (C=O) groups is 1. The summed E-state index contributed by atoms with van der Waals surface area (Å²) in [4.78, 5) is 20.4. The zero-order chi connectivity index (χ0) is 18.3. The summed E-state index contributed by atoms with van der Waals surface area (Å²) in [6, 6.07) is -0.325. The van der Waals surface area contributed by atoms with Crippen LogP contribution in [0, 0.1) is 6.92 Å². The third-order valence-electron chi connectivity index (χ3n) is 2.92. The molecule has 6 nitrogen and oxygen atoms in total. The predicted molar refractivity (Wildman–Crippen MR) is 86.4 cm³/mol. The summed E-state index contributed by atoms with van der Waals surface area (Å²) in [7, 11) is 1.47. The lowest BCUT2D eigenvalue weighted by atomic mass is 10.3. The van der Waals surface area contributed by atoms with Crippen molar-refractivity contribution in [3.8, 4) is 0 Å². The first kappa shape index (κ1) is 20.2. The molecule has 0 aliphatic heterocycles. The highest BCUT2D eigenvalue weighted by molar-refractivity contribution is 7.13. The van der Waals surface area contributed by atoms with Crippen molar-refractivity contribution in [3.05, 3.63) is 15.6 Å². The largest absolute Gasteiger partial charge is 0.462 e. The van der Waals surface area contributed by atoms with Gasteiger partial charge in [0.25, 0.3) is 0 Å². The maximum atomic E-state index is 12.2. The molecule has 0 bridgehead atoms. The maximum absolute atomic E-state index is 12.2. The second-order valence-corrected chi connectivity index (χ2v) is 5.95. The Bertz CT molecular complexity index is 587. The molecule has 0 saturated heterocycles. The van der Waals surface area contributed by atoms with E-state index < -0.39 is 18.6 Å². The number of guanidine groups is 1. The van der Waals surface area contributed by atoms with Crippen molar-refractivity contribution >= 4 is 23.3 Å². The molecule has 0 spiro atoms. The molecule has 136 valence electrons. The molecule has 0 aliphatic carbocycles. The van der Waals surface area contributed by atoms with E-state index in [0.717, 1.165) is 0 Å². The summed E-state index contributed by atoms with van der Waals surface area (Å²) in [5, 5.41) is 6.16. The van der Waals surface area contributed by atoms with E-state index in [9.17, 15) is 18.0 Å². The Kier molecular flexibility index (Phi) is 7.46. The molecular formula is C14H21F3N4O2S. The molecule has 24 heavy (non-hydrogen) atoms. The average molecular weight is 366 g/mol. The van der Waals surface area contributed by atoms with Crippen LogP contribution in [-0.2, 0) is 4.74 Å². The number of hydrogen-bond donors (Lipinski definition) is 2. The number of aryl methyl sites for hydroxylation is 1. The number of aliphatic imine (C=N–C) groups is 1. The van der Waals surface area contributed by atoms with E-state index in [1.807, 2.05) is 0 Å². The lowest BCUT2D eigenvalue weighted by molar-refractivity contribution is -0.132. The lowest BCUT2D eigenvalue weighted by Gasteiger charge is -2.16. The summed E-state index contributed by atoms with van der Waals surface area (Å²) in [5.74, 6) is -0.198. The van der Waals surface area contributed by atoms with Crippen LogP contribution in [0.15, 0.2) is 4.99 Å². The smallest absolute Gasteiger partial charge is 0.390 e. The molecular weight excluding hydrogens is 345 g/mol. The molecule has 1 rings (SSSR count). The lowest BCUT2D eigenvalue weighted by Crippen LogP contribution is -2.40. The average Bonchev–Trinajstić information content (AvgIpc) is 2.87. The summed E-state index contributed by atoms with van der Waals surface area (Å²) in [5.41, 5.74) is 0.558. The zero-order valence-electron chi connectivity index (χ0n) is 14.0. The molecule has 0 aliphatic rings. The highest BCUT2D eigenvalue weighted by Crippen LogP contribution is 2.24. The van der Waals surface area contributed by atoms with Crippen molar-refractivity contribution in [1.29, 1.82) is 0 Å². The first-order chi connectivity index (χ1) is 11.2. The number of nitrogens with zero attached hydrogens (tertiary/aromatic N) is 2. The van der Waals surface area contributed by atoms with E-state index in [-0.39, 0.29) is 25.2 Å². The van der Waals surface area contributed by atoms with Gasteiger partial charge in [0.05, 0.1) is 24.8 Å². The number of hydrogen-bond acceptors (Lipinski definition) is 5. The van der Waals surface area contributed by atoms with E-state index in [4.69, 9.17) is 4.74 Å². The van der Waals surface area contributed by atoms with Crippen LogP contribution in [0.1, 0.15) is 46.7 Å². The summed E-state index contributed by atoms with van der Waals surface area (Å²) >= 11 is 1.19. The van der Waals surface area contributed by atoms with Crippen LogP contribution in [-0.4, -0.2) is 43.3 Å². The van der Waals surface area contributed by atoms with Crippen molar-refractivity contribution in [2.24, 2.45) is 4.99 Å². The van der Waals surface area contributed by atoms with Gasteiger partial charge in [-0.3, -0.25) is 4.99 Å². The van der Waals surface area contributed by atoms with E-state index in [2.05, 4.69) is 20.6 Å². The first-order valence-electron chi connectivity index (χ1n) is 7.36. The van der Waals surface area contributed by atoms with Gasteiger partial charge in [-0.2, -0.15) is 13.2 Å². The summed E-state index contributed by atoms with van der Waals surface area (Å²) in [6.07, 6.45) is -5.18. The van der Waals surface area contributed by atoms with Crippen LogP contribution >= 0.6 is 11.3 Å².